The summed E-state index contributed by atoms with van der Waals surface area (Å²) in [7, 11) is 1.51. The zero-order chi connectivity index (χ0) is 14.5. The number of ether oxygens (including phenoxy) is 2. The number of esters is 1. The molecule has 104 valence electrons. The Bertz CT molecular complexity index is 629. The van der Waals surface area contributed by atoms with Gasteiger partial charge in [-0.2, -0.15) is 0 Å². The van der Waals surface area contributed by atoms with E-state index in [-0.39, 0.29) is 17.9 Å². The van der Waals surface area contributed by atoms with E-state index < -0.39 is 5.97 Å². The van der Waals surface area contributed by atoms with Crippen molar-refractivity contribution in [3.8, 4) is 5.88 Å². The van der Waals surface area contributed by atoms with Gasteiger partial charge in [0.15, 0.2) is 0 Å². The van der Waals surface area contributed by atoms with Crippen LogP contribution in [0.1, 0.15) is 15.9 Å². The molecule has 0 saturated carbocycles. The van der Waals surface area contributed by atoms with E-state index in [0.29, 0.717) is 17.1 Å². The first-order valence-electron chi connectivity index (χ1n) is 5.92. The Morgan fingerprint density at radius 2 is 2.10 bits per heavy atom. The highest BCUT2D eigenvalue weighted by Crippen LogP contribution is 2.19. The molecule has 0 spiro atoms. The fourth-order valence-electron chi connectivity index (χ4n) is 1.71. The zero-order valence-electron chi connectivity index (χ0n) is 11.0. The molecule has 0 radical (unpaired) electrons. The number of hydrogen-bond acceptors (Lipinski definition) is 6. The fourth-order valence-corrected chi connectivity index (χ4v) is 1.71. The highest BCUT2D eigenvalue weighted by molar-refractivity contribution is 5.95. The van der Waals surface area contributed by atoms with Crippen LogP contribution in [0.4, 0.5) is 11.4 Å². The van der Waals surface area contributed by atoms with Gasteiger partial charge in [-0.25, -0.2) is 9.78 Å². The lowest BCUT2D eigenvalue weighted by Crippen LogP contribution is -2.09. The second-order valence-electron chi connectivity index (χ2n) is 4.09. The van der Waals surface area contributed by atoms with Crippen LogP contribution >= 0.6 is 0 Å². The Labute approximate surface area is 116 Å². The first-order valence-corrected chi connectivity index (χ1v) is 5.92. The van der Waals surface area contributed by atoms with Crippen LogP contribution in [-0.2, 0) is 11.3 Å². The highest BCUT2D eigenvalue weighted by Gasteiger charge is 2.13. The van der Waals surface area contributed by atoms with Crippen LogP contribution in [0.2, 0.25) is 0 Å². The molecular formula is C14H15N3O3. The molecule has 4 N–H and O–H groups in total. The maximum absolute atomic E-state index is 11.9. The molecule has 0 bridgehead atoms. The molecule has 1 aromatic carbocycles. The Morgan fingerprint density at radius 3 is 2.80 bits per heavy atom. The topological polar surface area (TPSA) is 100 Å². The second-order valence-corrected chi connectivity index (χ2v) is 4.09. The van der Waals surface area contributed by atoms with Gasteiger partial charge in [-0.05, 0) is 30.3 Å². The van der Waals surface area contributed by atoms with Crippen LogP contribution in [0.25, 0.3) is 0 Å². The lowest BCUT2D eigenvalue weighted by atomic mass is 10.1. The molecule has 1 aromatic heterocycles. The van der Waals surface area contributed by atoms with Gasteiger partial charge in [0.2, 0.25) is 5.88 Å². The Balaban J connectivity index is 2.09. The molecule has 0 unspecified atom stereocenters. The average Bonchev–Trinajstić information content (AvgIpc) is 2.45. The molecule has 2 aromatic rings. The van der Waals surface area contributed by atoms with Crippen molar-refractivity contribution in [3.63, 3.8) is 0 Å². The van der Waals surface area contributed by atoms with E-state index in [0.717, 1.165) is 0 Å². The van der Waals surface area contributed by atoms with Gasteiger partial charge in [-0.3, -0.25) is 0 Å². The average molecular weight is 273 g/mol. The number of carbonyl (C=O) groups excluding carboxylic acids is 1. The molecule has 20 heavy (non-hydrogen) atoms. The molecule has 1 heterocycles. The summed E-state index contributed by atoms with van der Waals surface area (Å²) in [6, 6.07) is 8.15. The Hall–Kier alpha value is -2.76. The minimum atomic E-state index is -0.520. The van der Waals surface area contributed by atoms with E-state index in [4.69, 9.17) is 20.9 Å². The predicted molar refractivity (Wildman–Crippen MR) is 75.2 cm³/mol. The summed E-state index contributed by atoms with van der Waals surface area (Å²) >= 11 is 0. The number of carbonyl (C=O) groups is 1. The van der Waals surface area contributed by atoms with Crippen molar-refractivity contribution < 1.29 is 14.3 Å². The lowest BCUT2D eigenvalue weighted by molar-refractivity contribution is 0.0471. The molecule has 6 nitrogen and oxygen atoms in total. The normalized spacial score (nSPS) is 10.1. The summed E-state index contributed by atoms with van der Waals surface area (Å²) in [5.74, 6) is -0.0982. The number of nitrogen functional groups attached to an aromatic ring is 2. The number of nitrogens with zero attached hydrogens (tertiary/aromatic N) is 1. The lowest BCUT2D eigenvalue weighted by Gasteiger charge is -2.09. The summed E-state index contributed by atoms with van der Waals surface area (Å²) in [5, 5.41) is 0. The van der Waals surface area contributed by atoms with Crippen LogP contribution in [0.15, 0.2) is 36.5 Å². The number of aromatic nitrogens is 1. The number of anilines is 2. The highest BCUT2D eigenvalue weighted by atomic mass is 16.5. The van der Waals surface area contributed by atoms with Gasteiger partial charge in [0.25, 0.3) is 0 Å². The van der Waals surface area contributed by atoms with E-state index in [1.165, 1.54) is 19.2 Å². The largest absolute Gasteiger partial charge is 0.481 e. The zero-order valence-corrected chi connectivity index (χ0v) is 11.0. The van der Waals surface area contributed by atoms with Crippen molar-refractivity contribution in [2.24, 2.45) is 0 Å². The van der Waals surface area contributed by atoms with Gasteiger partial charge in [-0.15, -0.1) is 0 Å². The van der Waals surface area contributed by atoms with Gasteiger partial charge >= 0.3 is 5.97 Å². The fraction of sp³-hybridized carbons (Fsp3) is 0.143. The van der Waals surface area contributed by atoms with E-state index in [1.807, 2.05) is 0 Å². The summed E-state index contributed by atoms with van der Waals surface area (Å²) in [5.41, 5.74) is 13.0. The molecule has 0 amide bonds. The van der Waals surface area contributed by atoms with Gasteiger partial charge in [-0.1, -0.05) is 0 Å². The molecule has 0 aliphatic rings. The van der Waals surface area contributed by atoms with Crippen LogP contribution in [-0.4, -0.2) is 18.1 Å². The molecule has 0 aliphatic heterocycles. The van der Waals surface area contributed by atoms with Gasteiger partial charge in [0.1, 0.15) is 6.61 Å². The first kappa shape index (κ1) is 13.7. The summed E-state index contributed by atoms with van der Waals surface area (Å²) in [6.45, 7) is 0.0552. The maximum atomic E-state index is 11.9. The third-order valence-corrected chi connectivity index (χ3v) is 2.70. The molecular weight excluding hydrogens is 258 g/mol. The summed E-state index contributed by atoms with van der Waals surface area (Å²) < 4.78 is 10.3. The molecule has 6 heteroatoms. The monoisotopic (exact) mass is 273 g/mol. The van der Waals surface area contributed by atoms with Crippen LogP contribution in [0.3, 0.4) is 0 Å². The molecule has 0 fully saturated rings. The number of pyridine rings is 1. The maximum Gasteiger partial charge on any atom is 0.340 e. The smallest absolute Gasteiger partial charge is 0.340 e. The predicted octanol–water partition coefficient (Wildman–Crippen LogP) is 1.61. The Kier molecular flexibility index (Phi) is 4.05. The van der Waals surface area contributed by atoms with E-state index in [2.05, 4.69) is 4.98 Å². The second kappa shape index (κ2) is 5.92. The quantitative estimate of drug-likeness (QED) is 0.648. The number of rotatable bonds is 4. The molecule has 2 rings (SSSR count). The van der Waals surface area contributed by atoms with E-state index in [1.54, 1.807) is 24.4 Å². The number of nitrogens with two attached hydrogens (primary N) is 2. The first-order chi connectivity index (χ1) is 9.61. The van der Waals surface area contributed by atoms with Crippen molar-refractivity contribution >= 4 is 17.3 Å². The SMILES string of the molecule is COc1ncccc1COC(=O)c1ccc(N)cc1N. The summed E-state index contributed by atoms with van der Waals surface area (Å²) in [6.07, 6.45) is 1.60. The van der Waals surface area contributed by atoms with Gasteiger partial charge < -0.3 is 20.9 Å². The van der Waals surface area contributed by atoms with Crippen molar-refractivity contribution in [1.29, 1.82) is 0 Å². The van der Waals surface area contributed by atoms with Crippen LogP contribution in [0, 0.1) is 0 Å². The van der Waals surface area contributed by atoms with Crippen LogP contribution < -0.4 is 16.2 Å². The number of hydrogen-bond donors (Lipinski definition) is 2. The molecule has 0 saturated heterocycles. The third-order valence-electron chi connectivity index (χ3n) is 2.70. The van der Waals surface area contributed by atoms with Gasteiger partial charge in [0.05, 0.1) is 18.2 Å². The van der Waals surface area contributed by atoms with Crippen molar-refractivity contribution in [2.75, 3.05) is 18.6 Å². The minimum absolute atomic E-state index is 0.0552. The van der Waals surface area contributed by atoms with Crippen molar-refractivity contribution in [1.82, 2.24) is 4.98 Å². The third kappa shape index (κ3) is 2.97. The van der Waals surface area contributed by atoms with Crippen molar-refractivity contribution in [2.45, 2.75) is 6.61 Å². The molecule has 0 atom stereocenters. The van der Waals surface area contributed by atoms with Crippen molar-refractivity contribution in [3.05, 3.63) is 47.7 Å². The summed E-state index contributed by atoms with van der Waals surface area (Å²) in [4.78, 5) is 16.0. The minimum Gasteiger partial charge on any atom is -0.481 e. The number of methoxy groups -OCH3 is 1. The van der Waals surface area contributed by atoms with Crippen LogP contribution in [0.5, 0.6) is 5.88 Å². The number of benzene rings is 1. The van der Waals surface area contributed by atoms with E-state index in [9.17, 15) is 4.79 Å². The standard InChI is InChI=1S/C14H15N3O3/c1-19-13-9(3-2-6-17-13)8-20-14(18)11-5-4-10(15)7-12(11)16/h2-7H,8,15-16H2,1H3. The van der Waals surface area contributed by atoms with E-state index >= 15 is 0 Å². The Morgan fingerprint density at radius 1 is 1.30 bits per heavy atom. The molecule has 0 aliphatic carbocycles. The van der Waals surface area contributed by atoms with Gasteiger partial charge in [0, 0.05) is 17.6 Å².